The third-order valence-corrected chi connectivity index (χ3v) is 4.85. The predicted octanol–water partition coefficient (Wildman–Crippen LogP) is 3.89. The number of furan rings is 1. The van der Waals surface area contributed by atoms with Gasteiger partial charge in [-0.25, -0.2) is 4.79 Å². The summed E-state index contributed by atoms with van der Waals surface area (Å²) in [6.07, 6.45) is 1.45. The average Bonchev–Trinajstić information content (AvgIpc) is 3.35. The minimum Gasteiger partial charge on any atom is -0.459 e. The van der Waals surface area contributed by atoms with Crippen LogP contribution in [0.15, 0.2) is 96.4 Å². The first-order valence-electron chi connectivity index (χ1n) is 8.42. The lowest BCUT2D eigenvalue weighted by Gasteiger charge is -2.10. The van der Waals surface area contributed by atoms with Gasteiger partial charge in [-0.2, -0.15) is 4.68 Å². The van der Waals surface area contributed by atoms with E-state index < -0.39 is 5.76 Å². The highest BCUT2D eigenvalue weighted by molar-refractivity contribution is 7.99. The highest BCUT2D eigenvalue weighted by atomic mass is 32.2. The number of para-hydroxylation sites is 1. The number of anilines is 1. The van der Waals surface area contributed by atoms with Gasteiger partial charge in [0.25, 0.3) is 5.89 Å². The first-order valence-corrected chi connectivity index (χ1v) is 9.24. The van der Waals surface area contributed by atoms with E-state index >= 15 is 0 Å². The van der Waals surface area contributed by atoms with Crippen molar-refractivity contribution in [1.29, 1.82) is 0 Å². The summed E-state index contributed by atoms with van der Waals surface area (Å²) in [6.45, 7) is -0.270. The minimum absolute atomic E-state index is 0.0304. The molecule has 4 rings (SSSR count). The van der Waals surface area contributed by atoms with E-state index in [4.69, 9.17) is 8.83 Å². The van der Waals surface area contributed by atoms with Crippen LogP contribution in [0.1, 0.15) is 0 Å². The molecule has 0 aliphatic heterocycles. The summed E-state index contributed by atoms with van der Waals surface area (Å²) in [6, 6.07) is 20.6. The maximum Gasteiger partial charge on any atom is 0.437 e. The fraction of sp³-hybridized carbons (Fsp3) is 0.0500. The summed E-state index contributed by atoms with van der Waals surface area (Å²) < 4.78 is 11.1. The molecule has 0 saturated carbocycles. The Kier molecular flexibility index (Phi) is 5.11. The number of nitrogens with zero attached hydrogens (tertiary/aromatic N) is 2. The molecule has 0 radical (unpaired) electrons. The molecule has 140 valence electrons. The largest absolute Gasteiger partial charge is 0.459 e. The van der Waals surface area contributed by atoms with Crippen LogP contribution < -0.4 is 11.1 Å². The van der Waals surface area contributed by atoms with Gasteiger partial charge in [0.2, 0.25) is 5.91 Å². The molecule has 4 aromatic rings. The van der Waals surface area contributed by atoms with Crippen LogP contribution in [0.25, 0.3) is 11.7 Å². The molecule has 2 heterocycles. The van der Waals surface area contributed by atoms with Gasteiger partial charge in [0.05, 0.1) is 12.0 Å². The van der Waals surface area contributed by atoms with Crippen LogP contribution in [-0.2, 0) is 11.3 Å². The fourth-order valence-electron chi connectivity index (χ4n) is 2.51. The SMILES string of the molecule is O=C(Cn1nc(-c2ccco2)oc1=O)Nc1ccccc1Sc1ccccc1. The molecular formula is C20H15N3O4S. The maximum atomic E-state index is 12.4. The molecule has 7 nitrogen and oxygen atoms in total. The van der Waals surface area contributed by atoms with Crippen LogP contribution in [-0.4, -0.2) is 15.7 Å². The lowest BCUT2D eigenvalue weighted by molar-refractivity contribution is -0.117. The summed E-state index contributed by atoms with van der Waals surface area (Å²) in [5.41, 5.74) is 0.657. The number of carbonyl (C=O) groups excluding carboxylic acids is 1. The number of rotatable bonds is 6. The van der Waals surface area contributed by atoms with Gasteiger partial charge in [-0.1, -0.05) is 42.1 Å². The smallest absolute Gasteiger partial charge is 0.437 e. The van der Waals surface area contributed by atoms with Crippen LogP contribution in [0.2, 0.25) is 0 Å². The zero-order valence-electron chi connectivity index (χ0n) is 14.6. The van der Waals surface area contributed by atoms with Crippen molar-refractivity contribution in [2.24, 2.45) is 0 Å². The van der Waals surface area contributed by atoms with Crippen molar-refractivity contribution in [1.82, 2.24) is 9.78 Å². The molecular weight excluding hydrogens is 378 g/mol. The first kappa shape index (κ1) is 17.9. The van der Waals surface area contributed by atoms with Gasteiger partial charge in [-0.15, -0.1) is 5.10 Å². The van der Waals surface area contributed by atoms with E-state index in [0.717, 1.165) is 14.5 Å². The Balaban J connectivity index is 1.48. The van der Waals surface area contributed by atoms with Gasteiger partial charge in [0.15, 0.2) is 5.76 Å². The van der Waals surface area contributed by atoms with Crippen LogP contribution in [0.5, 0.6) is 0 Å². The molecule has 1 amide bonds. The van der Waals surface area contributed by atoms with Gasteiger partial charge < -0.3 is 14.2 Å². The van der Waals surface area contributed by atoms with Crippen molar-refractivity contribution in [3.8, 4) is 11.7 Å². The minimum atomic E-state index is -0.728. The Morgan fingerprint density at radius 2 is 1.82 bits per heavy atom. The standard InChI is InChI=1S/C20H15N3O4S/c24-18(13-23-20(25)27-19(22-23)16-10-6-12-26-16)21-15-9-4-5-11-17(15)28-14-7-2-1-3-8-14/h1-12H,13H2,(H,21,24). The summed E-state index contributed by atoms with van der Waals surface area (Å²) in [5, 5.41) is 6.83. The molecule has 8 heteroatoms. The van der Waals surface area contributed by atoms with E-state index in [-0.39, 0.29) is 18.3 Å². The van der Waals surface area contributed by atoms with Gasteiger partial charge in [0, 0.05) is 9.79 Å². The number of nitrogens with one attached hydrogen (secondary N) is 1. The normalized spacial score (nSPS) is 10.7. The molecule has 28 heavy (non-hydrogen) atoms. The average molecular weight is 393 g/mol. The van der Waals surface area contributed by atoms with Crippen molar-refractivity contribution >= 4 is 23.4 Å². The number of benzene rings is 2. The highest BCUT2D eigenvalue weighted by Crippen LogP contribution is 2.33. The molecule has 0 bridgehead atoms. The van der Waals surface area contributed by atoms with Gasteiger partial charge in [-0.3, -0.25) is 4.79 Å². The lowest BCUT2D eigenvalue weighted by atomic mass is 10.3. The van der Waals surface area contributed by atoms with Crippen LogP contribution in [0.3, 0.4) is 0 Å². The number of amides is 1. The molecule has 0 aliphatic rings. The van der Waals surface area contributed by atoms with Crippen LogP contribution >= 0.6 is 11.8 Å². The van der Waals surface area contributed by atoms with Gasteiger partial charge >= 0.3 is 5.76 Å². The maximum absolute atomic E-state index is 12.4. The van der Waals surface area contributed by atoms with E-state index in [0.29, 0.717) is 11.4 Å². The molecule has 0 saturated heterocycles. The van der Waals surface area contributed by atoms with E-state index in [1.54, 1.807) is 12.1 Å². The van der Waals surface area contributed by atoms with Gasteiger partial charge in [0.1, 0.15) is 6.54 Å². The second kappa shape index (κ2) is 8.01. The Bertz CT molecular complexity index is 1130. The Morgan fingerprint density at radius 3 is 2.61 bits per heavy atom. The Morgan fingerprint density at radius 1 is 1.04 bits per heavy atom. The lowest BCUT2D eigenvalue weighted by Crippen LogP contribution is -2.26. The zero-order chi connectivity index (χ0) is 19.3. The topological polar surface area (TPSA) is 90.3 Å². The number of hydrogen-bond acceptors (Lipinski definition) is 6. The molecule has 0 spiro atoms. The van der Waals surface area contributed by atoms with Crippen LogP contribution in [0.4, 0.5) is 5.69 Å². The molecule has 0 atom stereocenters. The number of aromatic nitrogens is 2. The van der Waals surface area contributed by atoms with Crippen molar-refractivity contribution in [2.45, 2.75) is 16.3 Å². The number of carbonyl (C=O) groups is 1. The van der Waals surface area contributed by atoms with Crippen LogP contribution in [0, 0.1) is 0 Å². The van der Waals surface area contributed by atoms with Gasteiger partial charge in [-0.05, 0) is 36.4 Å². The van der Waals surface area contributed by atoms with E-state index in [1.165, 1.54) is 18.0 Å². The Labute approximate surface area is 164 Å². The molecule has 0 fully saturated rings. The summed E-state index contributed by atoms with van der Waals surface area (Å²) in [7, 11) is 0. The Hall–Kier alpha value is -3.52. The summed E-state index contributed by atoms with van der Waals surface area (Å²) in [4.78, 5) is 26.3. The van der Waals surface area contributed by atoms with Crippen molar-refractivity contribution in [2.75, 3.05) is 5.32 Å². The molecule has 2 aromatic heterocycles. The summed E-state index contributed by atoms with van der Waals surface area (Å²) >= 11 is 1.54. The van der Waals surface area contributed by atoms with E-state index in [2.05, 4.69) is 10.4 Å². The highest BCUT2D eigenvalue weighted by Gasteiger charge is 2.16. The number of hydrogen-bond donors (Lipinski definition) is 1. The molecule has 0 unspecified atom stereocenters. The second-order valence-electron chi connectivity index (χ2n) is 5.77. The summed E-state index contributed by atoms with van der Waals surface area (Å²) in [5.74, 6) is -0.764. The van der Waals surface area contributed by atoms with Crippen molar-refractivity contribution in [3.63, 3.8) is 0 Å². The van der Waals surface area contributed by atoms with Crippen molar-refractivity contribution < 1.29 is 13.6 Å². The third-order valence-electron chi connectivity index (χ3n) is 3.76. The zero-order valence-corrected chi connectivity index (χ0v) is 15.4. The quantitative estimate of drug-likeness (QED) is 0.535. The molecule has 2 aromatic carbocycles. The second-order valence-corrected chi connectivity index (χ2v) is 6.88. The van der Waals surface area contributed by atoms with E-state index in [1.807, 2.05) is 54.6 Å². The van der Waals surface area contributed by atoms with Crippen molar-refractivity contribution in [3.05, 3.63) is 83.5 Å². The first-order chi connectivity index (χ1) is 13.7. The van der Waals surface area contributed by atoms with E-state index in [9.17, 15) is 9.59 Å². The third kappa shape index (κ3) is 4.07. The molecule has 0 aliphatic carbocycles. The monoisotopic (exact) mass is 393 g/mol. The predicted molar refractivity (Wildman–Crippen MR) is 104 cm³/mol. The molecule has 1 N–H and O–H groups in total. The fourth-order valence-corrected chi connectivity index (χ4v) is 3.43.